The van der Waals surface area contributed by atoms with Crippen molar-refractivity contribution in [1.82, 2.24) is 4.90 Å². The molecule has 1 atom stereocenters. The molecule has 0 aromatic carbocycles. The fourth-order valence-electron chi connectivity index (χ4n) is 3.11. The van der Waals surface area contributed by atoms with Gasteiger partial charge in [0, 0.05) is 6.54 Å². The maximum atomic E-state index is 2.66. The van der Waals surface area contributed by atoms with E-state index in [2.05, 4.69) is 25.7 Å². The lowest BCUT2D eigenvalue weighted by Crippen LogP contribution is -2.48. The Morgan fingerprint density at radius 1 is 1.15 bits per heavy atom. The van der Waals surface area contributed by atoms with Crippen molar-refractivity contribution in [2.75, 3.05) is 19.6 Å². The number of hydrogen-bond donors (Lipinski definition) is 0. The molecule has 2 bridgehead atoms. The summed E-state index contributed by atoms with van der Waals surface area (Å²) in [5.41, 5.74) is 0.531. The summed E-state index contributed by atoms with van der Waals surface area (Å²) in [6, 6.07) is 0. The first-order valence-electron chi connectivity index (χ1n) is 5.77. The van der Waals surface area contributed by atoms with E-state index in [1.54, 1.807) is 0 Å². The zero-order chi connectivity index (χ0) is 9.47. The maximum absolute atomic E-state index is 2.66. The molecule has 3 fully saturated rings. The van der Waals surface area contributed by atoms with Gasteiger partial charge in [-0.2, -0.15) is 0 Å². The predicted molar refractivity (Wildman–Crippen MR) is 56.7 cm³/mol. The topological polar surface area (TPSA) is 3.24 Å². The van der Waals surface area contributed by atoms with Crippen LogP contribution in [-0.4, -0.2) is 24.5 Å². The van der Waals surface area contributed by atoms with Crippen molar-refractivity contribution in [2.24, 2.45) is 17.3 Å². The lowest BCUT2D eigenvalue weighted by Gasteiger charge is -2.46. The van der Waals surface area contributed by atoms with Crippen LogP contribution in [0.15, 0.2) is 0 Å². The molecule has 1 heteroatoms. The van der Waals surface area contributed by atoms with Crippen LogP contribution < -0.4 is 0 Å². The van der Waals surface area contributed by atoms with Crippen LogP contribution in [0, 0.1) is 17.3 Å². The highest BCUT2D eigenvalue weighted by molar-refractivity contribution is 4.88. The lowest BCUT2D eigenvalue weighted by molar-refractivity contribution is 0.0300. The standard InChI is InChI=1S/C12H23N/c1-12(2,3)8-11-9-13-6-4-10(11)5-7-13/h10-11H,4-9H2,1-3H3. The van der Waals surface area contributed by atoms with Gasteiger partial charge in [-0.05, 0) is 49.6 Å². The molecule has 3 saturated heterocycles. The van der Waals surface area contributed by atoms with E-state index in [0.717, 1.165) is 11.8 Å². The number of piperidine rings is 3. The SMILES string of the molecule is CC(C)(C)CC1CN2CCC1CC2. The molecule has 0 spiro atoms. The van der Waals surface area contributed by atoms with Crippen LogP contribution >= 0.6 is 0 Å². The zero-order valence-corrected chi connectivity index (χ0v) is 9.34. The smallest absolute Gasteiger partial charge is 0.00125 e. The molecule has 0 radical (unpaired) electrons. The second kappa shape index (κ2) is 3.27. The van der Waals surface area contributed by atoms with Gasteiger partial charge >= 0.3 is 0 Å². The molecule has 3 aliphatic heterocycles. The van der Waals surface area contributed by atoms with Gasteiger partial charge in [0.15, 0.2) is 0 Å². The third kappa shape index (κ3) is 2.25. The highest BCUT2D eigenvalue weighted by Gasteiger charge is 2.35. The summed E-state index contributed by atoms with van der Waals surface area (Å²) < 4.78 is 0. The molecule has 13 heavy (non-hydrogen) atoms. The van der Waals surface area contributed by atoms with E-state index in [-0.39, 0.29) is 0 Å². The van der Waals surface area contributed by atoms with Crippen LogP contribution in [0.2, 0.25) is 0 Å². The molecule has 3 aliphatic rings. The summed E-state index contributed by atoms with van der Waals surface area (Å²) in [5.74, 6) is 2.06. The molecule has 0 amide bonds. The molecule has 1 unspecified atom stereocenters. The molecule has 3 heterocycles. The predicted octanol–water partition coefficient (Wildman–Crippen LogP) is 2.76. The third-order valence-electron chi connectivity index (χ3n) is 3.67. The van der Waals surface area contributed by atoms with Crippen LogP contribution in [0.1, 0.15) is 40.0 Å². The molecule has 0 N–H and O–H groups in total. The van der Waals surface area contributed by atoms with Crippen LogP contribution in [0.4, 0.5) is 0 Å². The first-order chi connectivity index (χ1) is 6.04. The number of rotatable bonds is 1. The Bertz CT molecular complexity index is 172. The largest absolute Gasteiger partial charge is 0.303 e. The summed E-state index contributed by atoms with van der Waals surface area (Å²) >= 11 is 0. The van der Waals surface area contributed by atoms with E-state index in [0.29, 0.717) is 5.41 Å². The van der Waals surface area contributed by atoms with Crippen LogP contribution in [0.25, 0.3) is 0 Å². The van der Waals surface area contributed by atoms with Crippen LogP contribution in [-0.2, 0) is 0 Å². The van der Waals surface area contributed by atoms with Crippen LogP contribution in [0.5, 0.6) is 0 Å². The van der Waals surface area contributed by atoms with Crippen LogP contribution in [0.3, 0.4) is 0 Å². The minimum Gasteiger partial charge on any atom is -0.303 e. The fraction of sp³-hybridized carbons (Fsp3) is 1.00. The monoisotopic (exact) mass is 181 g/mol. The van der Waals surface area contributed by atoms with Crippen molar-refractivity contribution in [2.45, 2.75) is 40.0 Å². The zero-order valence-electron chi connectivity index (χ0n) is 9.34. The molecule has 0 aromatic rings. The van der Waals surface area contributed by atoms with Crippen molar-refractivity contribution in [1.29, 1.82) is 0 Å². The average Bonchev–Trinajstić information content (AvgIpc) is 2.03. The van der Waals surface area contributed by atoms with Gasteiger partial charge in [0.1, 0.15) is 0 Å². The number of fused-ring (bicyclic) bond motifs is 3. The average molecular weight is 181 g/mol. The second-order valence-electron chi connectivity index (χ2n) is 6.16. The summed E-state index contributed by atoms with van der Waals surface area (Å²) in [4.78, 5) is 2.66. The van der Waals surface area contributed by atoms with Gasteiger partial charge in [-0.15, -0.1) is 0 Å². The first-order valence-corrected chi connectivity index (χ1v) is 5.77. The first kappa shape index (κ1) is 9.51. The van der Waals surface area contributed by atoms with E-state index in [9.17, 15) is 0 Å². The third-order valence-corrected chi connectivity index (χ3v) is 3.67. The van der Waals surface area contributed by atoms with Gasteiger partial charge in [-0.25, -0.2) is 0 Å². The van der Waals surface area contributed by atoms with E-state index in [4.69, 9.17) is 0 Å². The molecule has 0 aliphatic carbocycles. The number of nitrogens with zero attached hydrogens (tertiary/aromatic N) is 1. The molecular weight excluding hydrogens is 158 g/mol. The van der Waals surface area contributed by atoms with E-state index in [1.807, 2.05) is 0 Å². The lowest BCUT2D eigenvalue weighted by atomic mass is 9.72. The van der Waals surface area contributed by atoms with Crippen molar-refractivity contribution in [3.63, 3.8) is 0 Å². The van der Waals surface area contributed by atoms with Gasteiger partial charge in [0.05, 0.1) is 0 Å². The minimum atomic E-state index is 0.531. The van der Waals surface area contributed by atoms with Gasteiger partial charge in [0.2, 0.25) is 0 Å². The van der Waals surface area contributed by atoms with Gasteiger partial charge in [-0.1, -0.05) is 20.8 Å². The van der Waals surface area contributed by atoms with Crippen molar-refractivity contribution in [3.05, 3.63) is 0 Å². The Hall–Kier alpha value is -0.0400. The van der Waals surface area contributed by atoms with E-state index < -0.39 is 0 Å². The second-order valence-corrected chi connectivity index (χ2v) is 6.16. The summed E-state index contributed by atoms with van der Waals surface area (Å²) in [6.07, 6.45) is 4.37. The molecule has 0 saturated carbocycles. The van der Waals surface area contributed by atoms with E-state index in [1.165, 1.54) is 38.9 Å². The highest BCUT2D eigenvalue weighted by atomic mass is 15.1. The Kier molecular flexibility index (Phi) is 2.39. The normalized spacial score (nSPS) is 39.5. The highest BCUT2D eigenvalue weighted by Crippen LogP contribution is 2.38. The van der Waals surface area contributed by atoms with Crippen molar-refractivity contribution in [3.8, 4) is 0 Å². The Morgan fingerprint density at radius 2 is 1.77 bits per heavy atom. The minimum absolute atomic E-state index is 0.531. The van der Waals surface area contributed by atoms with Crippen molar-refractivity contribution >= 4 is 0 Å². The maximum Gasteiger partial charge on any atom is 0.00125 e. The molecule has 1 nitrogen and oxygen atoms in total. The van der Waals surface area contributed by atoms with Gasteiger partial charge < -0.3 is 4.90 Å². The van der Waals surface area contributed by atoms with Gasteiger partial charge in [0.25, 0.3) is 0 Å². The Morgan fingerprint density at radius 3 is 2.15 bits per heavy atom. The van der Waals surface area contributed by atoms with Gasteiger partial charge in [-0.3, -0.25) is 0 Å². The molecular formula is C12H23N. The summed E-state index contributed by atoms with van der Waals surface area (Å²) in [6.45, 7) is 11.3. The molecule has 3 rings (SSSR count). The quantitative estimate of drug-likeness (QED) is 0.601. The van der Waals surface area contributed by atoms with E-state index >= 15 is 0 Å². The summed E-state index contributed by atoms with van der Waals surface area (Å²) in [5, 5.41) is 0. The summed E-state index contributed by atoms with van der Waals surface area (Å²) in [7, 11) is 0. The molecule has 76 valence electrons. The van der Waals surface area contributed by atoms with Crippen molar-refractivity contribution < 1.29 is 0 Å². The number of hydrogen-bond acceptors (Lipinski definition) is 1. The molecule has 0 aromatic heterocycles. The Balaban J connectivity index is 1.94. The Labute approximate surface area is 82.5 Å². The fourth-order valence-corrected chi connectivity index (χ4v) is 3.11.